The average molecular weight is 310 g/mol. The number of nitrogens with zero attached hydrogens (tertiary/aromatic N) is 1. The molecule has 0 saturated heterocycles. The number of aromatic nitrogens is 2. The van der Waals surface area contributed by atoms with Crippen molar-refractivity contribution in [1.82, 2.24) is 10.2 Å². The van der Waals surface area contributed by atoms with Gasteiger partial charge in [0.15, 0.2) is 6.61 Å². The van der Waals surface area contributed by atoms with Crippen LogP contribution in [0.5, 0.6) is 5.75 Å². The van der Waals surface area contributed by atoms with Crippen LogP contribution < -0.4 is 15.8 Å². The highest BCUT2D eigenvalue weighted by Gasteiger charge is 2.11. The second-order valence-electron chi connectivity index (χ2n) is 4.87. The Morgan fingerprint density at radius 3 is 2.70 bits per heavy atom. The van der Waals surface area contributed by atoms with Crippen molar-refractivity contribution in [2.45, 2.75) is 0 Å². The summed E-state index contributed by atoms with van der Waals surface area (Å²) in [7, 11) is 0. The molecule has 0 atom stereocenters. The standard InChI is InChI=1S/C16H14N4O3/c17-14(21)9-23-12-6-4-11(5-7-12)19-16(22)13-3-1-2-10-8-18-20-15(10)13/h1-8H,9H2,(H2,17,21)(H,18,20)(H,19,22). The number of carbonyl (C=O) groups excluding carboxylic acids is 2. The van der Waals surface area contributed by atoms with E-state index >= 15 is 0 Å². The molecule has 0 unspecified atom stereocenters. The van der Waals surface area contributed by atoms with E-state index in [1.807, 2.05) is 6.07 Å². The minimum absolute atomic E-state index is 0.187. The molecule has 0 aliphatic heterocycles. The Labute approximate surface area is 131 Å². The normalized spacial score (nSPS) is 10.4. The van der Waals surface area contributed by atoms with Crippen LogP contribution >= 0.6 is 0 Å². The van der Waals surface area contributed by atoms with E-state index in [1.165, 1.54) is 0 Å². The van der Waals surface area contributed by atoms with Crippen LogP contribution in [0.25, 0.3) is 10.9 Å². The first kappa shape index (κ1) is 14.6. The molecule has 7 heteroatoms. The first-order valence-corrected chi connectivity index (χ1v) is 6.88. The highest BCUT2D eigenvalue weighted by atomic mass is 16.5. The number of hydrogen-bond donors (Lipinski definition) is 3. The van der Waals surface area contributed by atoms with E-state index in [2.05, 4.69) is 15.5 Å². The van der Waals surface area contributed by atoms with E-state index < -0.39 is 5.91 Å². The van der Waals surface area contributed by atoms with Crippen LogP contribution in [0.3, 0.4) is 0 Å². The van der Waals surface area contributed by atoms with Crippen molar-refractivity contribution in [3.63, 3.8) is 0 Å². The highest BCUT2D eigenvalue weighted by Crippen LogP contribution is 2.19. The van der Waals surface area contributed by atoms with Crippen LogP contribution in [-0.2, 0) is 4.79 Å². The minimum Gasteiger partial charge on any atom is -0.484 e. The molecule has 1 heterocycles. The first-order chi connectivity index (χ1) is 11.1. The Kier molecular flexibility index (Phi) is 3.92. The fourth-order valence-corrected chi connectivity index (χ4v) is 2.15. The summed E-state index contributed by atoms with van der Waals surface area (Å²) in [5.41, 5.74) is 6.81. The van der Waals surface area contributed by atoms with Crippen molar-refractivity contribution in [2.75, 3.05) is 11.9 Å². The number of hydrogen-bond acceptors (Lipinski definition) is 4. The molecule has 3 rings (SSSR count). The van der Waals surface area contributed by atoms with Gasteiger partial charge in [-0.05, 0) is 30.3 Å². The molecule has 0 aliphatic carbocycles. The molecule has 0 saturated carbocycles. The summed E-state index contributed by atoms with van der Waals surface area (Å²) in [5, 5.41) is 10.4. The number of nitrogens with two attached hydrogens (primary N) is 1. The van der Waals surface area contributed by atoms with Gasteiger partial charge in [-0.1, -0.05) is 12.1 Å². The summed E-state index contributed by atoms with van der Waals surface area (Å²) < 4.78 is 5.16. The van der Waals surface area contributed by atoms with Crippen molar-refractivity contribution in [2.24, 2.45) is 5.73 Å². The number of fused-ring (bicyclic) bond motifs is 1. The van der Waals surface area contributed by atoms with E-state index in [0.29, 0.717) is 22.5 Å². The Morgan fingerprint density at radius 1 is 1.17 bits per heavy atom. The third kappa shape index (κ3) is 3.29. The van der Waals surface area contributed by atoms with E-state index in [9.17, 15) is 9.59 Å². The maximum Gasteiger partial charge on any atom is 0.257 e. The minimum atomic E-state index is -0.546. The van der Waals surface area contributed by atoms with Crippen molar-refractivity contribution in [3.8, 4) is 5.75 Å². The monoisotopic (exact) mass is 310 g/mol. The molecule has 7 nitrogen and oxygen atoms in total. The van der Waals surface area contributed by atoms with Gasteiger partial charge in [0.1, 0.15) is 5.75 Å². The number of amides is 2. The van der Waals surface area contributed by atoms with Crippen LogP contribution in [-0.4, -0.2) is 28.6 Å². The molecule has 2 amide bonds. The summed E-state index contributed by atoms with van der Waals surface area (Å²) >= 11 is 0. The zero-order valence-corrected chi connectivity index (χ0v) is 12.1. The Hall–Kier alpha value is -3.35. The van der Waals surface area contributed by atoms with Gasteiger partial charge in [0.25, 0.3) is 11.8 Å². The van der Waals surface area contributed by atoms with Gasteiger partial charge in [-0.3, -0.25) is 14.7 Å². The molecule has 0 aliphatic rings. The van der Waals surface area contributed by atoms with Gasteiger partial charge in [-0.2, -0.15) is 5.10 Å². The van der Waals surface area contributed by atoms with E-state index in [0.717, 1.165) is 5.39 Å². The molecular formula is C16H14N4O3. The lowest BCUT2D eigenvalue weighted by Gasteiger charge is -2.08. The van der Waals surface area contributed by atoms with Gasteiger partial charge in [-0.15, -0.1) is 0 Å². The topological polar surface area (TPSA) is 110 Å². The number of para-hydroxylation sites is 1. The zero-order valence-electron chi connectivity index (χ0n) is 12.1. The predicted octanol–water partition coefficient (Wildman–Crippen LogP) is 1.68. The van der Waals surface area contributed by atoms with Gasteiger partial charge in [0, 0.05) is 11.1 Å². The van der Waals surface area contributed by atoms with E-state index in [-0.39, 0.29) is 12.5 Å². The molecule has 0 bridgehead atoms. The third-order valence-corrected chi connectivity index (χ3v) is 3.21. The van der Waals surface area contributed by atoms with Crippen LogP contribution in [0, 0.1) is 0 Å². The zero-order chi connectivity index (χ0) is 16.2. The SMILES string of the molecule is NC(=O)COc1ccc(NC(=O)c2cccc3cn[nH]c23)cc1. The number of anilines is 1. The van der Waals surface area contributed by atoms with Gasteiger partial charge in [0.05, 0.1) is 17.3 Å². The van der Waals surface area contributed by atoms with E-state index in [1.54, 1.807) is 42.6 Å². The Balaban J connectivity index is 1.73. The highest BCUT2D eigenvalue weighted by molar-refractivity contribution is 6.11. The number of ether oxygens (including phenoxy) is 1. The second kappa shape index (κ2) is 6.18. The molecule has 2 aromatic carbocycles. The maximum atomic E-state index is 12.4. The van der Waals surface area contributed by atoms with Crippen LogP contribution in [0.1, 0.15) is 10.4 Å². The Morgan fingerprint density at radius 2 is 1.96 bits per heavy atom. The summed E-state index contributed by atoms with van der Waals surface area (Å²) in [6.45, 7) is -0.187. The smallest absolute Gasteiger partial charge is 0.257 e. The number of benzene rings is 2. The lowest BCUT2D eigenvalue weighted by Crippen LogP contribution is -2.20. The molecule has 0 spiro atoms. The van der Waals surface area contributed by atoms with Crippen LogP contribution in [0.2, 0.25) is 0 Å². The van der Waals surface area contributed by atoms with Gasteiger partial charge < -0.3 is 15.8 Å². The van der Waals surface area contributed by atoms with Crippen LogP contribution in [0.4, 0.5) is 5.69 Å². The van der Waals surface area contributed by atoms with Gasteiger partial charge >= 0.3 is 0 Å². The first-order valence-electron chi connectivity index (χ1n) is 6.88. The lowest BCUT2D eigenvalue weighted by molar-refractivity contribution is -0.119. The van der Waals surface area contributed by atoms with Crippen molar-refractivity contribution >= 4 is 28.4 Å². The summed E-state index contributed by atoms with van der Waals surface area (Å²) in [6, 6.07) is 12.1. The number of primary amides is 1. The molecular weight excluding hydrogens is 296 g/mol. The summed E-state index contributed by atoms with van der Waals surface area (Å²) in [4.78, 5) is 23.0. The van der Waals surface area contributed by atoms with Crippen molar-refractivity contribution in [1.29, 1.82) is 0 Å². The summed E-state index contributed by atoms with van der Waals surface area (Å²) in [5.74, 6) is -0.293. The second-order valence-corrected chi connectivity index (χ2v) is 4.87. The van der Waals surface area contributed by atoms with Crippen LogP contribution in [0.15, 0.2) is 48.7 Å². The molecule has 4 N–H and O–H groups in total. The quantitative estimate of drug-likeness (QED) is 0.666. The molecule has 1 aromatic heterocycles. The average Bonchev–Trinajstić information content (AvgIpc) is 3.02. The number of rotatable bonds is 5. The largest absolute Gasteiger partial charge is 0.484 e. The third-order valence-electron chi connectivity index (χ3n) is 3.21. The van der Waals surface area contributed by atoms with Crippen molar-refractivity contribution < 1.29 is 14.3 Å². The van der Waals surface area contributed by atoms with Gasteiger partial charge in [0.2, 0.25) is 0 Å². The molecule has 116 valence electrons. The molecule has 0 radical (unpaired) electrons. The fourth-order valence-electron chi connectivity index (χ4n) is 2.15. The maximum absolute atomic E-state index is 12.4. The number of carbonyl (C=O) groups is 2. The number of H-pyrrole nitrogens is 1. The summed E-state index contributed by atoms with van der Waals surface area (Å²) in [6.07, 6.45) is 1.66. The van der Waals surface area contributed by atoms with Crippen molar-refractivity contribution in [3.05, 3.63) is 54.2 Å². The molecule has 3 aromatic rings. The molecule has 23 heavy (non-hydrogen) atoms. The predicted molar refractivity (Wildman–Crippen MR) is 85.2 cm³/mol. The fraction of sp³-hybridized carbons (Fsp3) is 0.0625. The lowest BCUT2D eigenvalue weighted by atomic mass is 10.1. The molecule has 0 fully saturated rings. The Bertz CT molecular complexity index is 855. The van der Waals surface area contributed by atoms with E-state index in [4.69, 9.17) is 10.5 Å². The van der Waals surface area contributed by atoms with Gasteiger partial charge in [-0.25, -0.2) is 0 Å². The number of nitrogens with one attached hydrogen (secondary N) is 2. The number of aromatic amines is 1.